The standard InChI is InChI=1S/C75H75BN2O/c1-42-32-62-68-63(33-42)78-59-40-55-53(34-43(59)2)72(10,11)47-23-16-17-24-48(47)75(55,14)54-36-46-49(37-50(54)69(3,4)5)73(12)30-19-20-31-74(73,13)67(46)44-28-29-56(60(78)35-44)76(68)57-38-51-52(71(8,9)41-70(51,6)7)39-61(57)77(62)58-25-21-27-65-66(58)45-22-15-18-26-64(45)79-65/h15-18,21-29,32-40,67H,19-20,30-31,41H2,1-14H3/t67-,73?,74?,75?/m0/s1. The minimum atomic E-state index is -0.454. The Morgan fingerprint density at radius 2 is 1.18 bits per heavy atom. The third-order valence-electron chi connectivity index (χ3n) is 22.6. The molecule has 4 aliphatic carbocycles. The van der Waals surface area contributed by atoms with E-state index < -0.39 is 5.41 Å². The molecule has 0 radical (unpaired) electrons. The van der Waals surface area contributed by atoms with Crippen molar-refractivity contribution in [3.8, 4) is 0 Å². The summed E-state index contributed by atoms with van der Waals surface area (Å²) in [4.78, 5) is 5.45. The number of furan rings is 1. The van der Waals surface area contributed by atoms with Gasteiger partial charge in [0.2, 0.25) is 0 Å². The van der Waals surface area contributed by atoms with Crippen LogP contribution in [0.3, 0.4) is 0 Å². The molecule has 4 heteroatoms. The van der Waals surface area contributed by atoms with Crippen molar-refractivity contribution in [1.82, 2.24) is 0 Å². The molecule has 16 rings (SSSR count). The van der Waals surface area contributed by atoms with E-state index in [1.165, 1.54) is 132 Å². The molecule has 4 heterocycles. The van der Waals surface area contributed by atoms with Crippen LogP contribution in [0.25, 0.3) is 21.9 Å². The first kappa shape index (κ1) is 48.2. The highest BCUT2D eigenvalue weighted by atomic mass is 16.3. The zero-order chi connectivity index (χ0) is 54.6. The number of anilines is 6. The largest absolute Gasteiger partial charge is 0.456 e. The van der Waals surface area contributed by atoms with Crippen molar-refractivity contribution in [3.05, 3.63) is 206 Å². The number of rotatable bonds is 1. The lowest BCUT2D eigenvalue weighted by Gasteiger charge is -2.49. The van der Waals surface area contributed by atoms with E-state index >= 15 is 0 Å². The summed E-state index contributed by atoms with van der Waals surface area (Å²) in [5.41, 5.74) is 31.8. The van der Waals surface area contributed by atoms with Crippen molar-refractivity contribution in [2.45, 2.75) is 167 Å². The van der Waals surface area contributed by atoms with E-state index in [0.717, 1.165) is 34.0 Å². The fourth-order valence-electron chi connectivity index (χ4n) is 18.9. The second-order valence-corrected chi connectivity index (χ2v) is 29.4. The second kappa shape index (κ2) is 15.0. The Morgan fingerprint density at radius 1 is 0.519 bits per heavy atom. The van der Waals surface area contributed by atoms with Crippen LogP contribution in [0.15, 0.2) is 138 Å². The monoisotopic (exact) mass is 1030 g/mol. The summed E-state index contributed by atoms with van der Waals surface area (Å²) in [5.74, 6) is 0.227. The number of para-hydroxylation sites is 1. The molecule has 6 bridgehead atoms. The van der Waals surface area contributed by atoms with Crippen molar-refractivity contribution in [3.63, 3.8) is 0 Å². The molecule has 3 unspecified atom stereocenters. The minimum Gasteiger partial charge on any atom is -0.456 e. The highest BCUT2D eigenvalue weighted by Crippen LogP contribution is 2.69. The van der Waals surface area contributed by atoms with Crippen LogP contribution in [0.5, 0.6) is 0 Å². The van der Waals surface area contributed by atoms with Gasteiger partial charge in [-0.05, 0) is 204 Å². The molecule has 0 saturated heterocycles. The molecule has 1 saturated carbocycles. The fraction of sp³-hybridized carbons (Fsp3) is 0.360. The average Bonchev–Trinajstić information content (AvgIpc) is 3.61. The maximum atomic E-state index is 6.74. The van der Waals surface area contributed by atoms with Crippen LogP contribution in [0.1, 0.15) is 193 Å². The minimum absolute atomic E-state index is 0.00322. The smallest absolute Gasteiger partial charge is 0.252 e. The number of nitrogens with zero attached hydrogens (tertiary/aromatic N) is 2. The van der Waals surface area contributed by atoms with Crippen LogP contribution in [-0.4, -0.2) is 6.71 Å². The molecule has 0 amide bonds. The molecular formula is C75H75BN2O. The third kappa shape index (κ3) is 5.82. The summed E-state index contributed by atoms with van der Waals surface area (Å²) in [6.07, 6.45) is 6.08. The van der Waals surface area contributed by atoms with E-state index in [0.29, 0.717) is 0 Å². The Hall–Kier alpha value is -6.78. The van der Waals surface area contributed by atoms with Crippen molar-refractivity contribution < 1.29 is 4.42 Å². The predicted molar refractivity (Wildman–Crippen MR) is 333 cm³/mol. The van der Waals surface area contributed by atoms with Gasteiger partial charge in [-0.2, -0.15) is 0 Å². The van der Waals surface area contributed by atoms with E-state index in [2.05, 4.69) is 240 Å². The van der Waals surface area contributed by atoms with Crippen LogP contribution in [0.4, 0.5) is 34.1 Å². The van der Waals surface area contributed by atoms with Crippen LogP contribution in [-0.2, 0) is 32.5 Å². The van der Waals surface area contributed by atoms with Crippen molar-refractivity contribution in [2.75, 3.05) is 9.80 Å². The number of benzene rings is 8. The van der Waals surface area contributed by atoms with E-state index in [1.54, 1.807) is 11.1 Å². The normalized spacial score (nSPS) is 24.6. The predicted octanol–water partition coefficient (Wildman–Crippen LogP) is 17.8. The van der Waals surface area contributed by atoms with Gasteiger partial charge in [0, 0.05) is 50.6 Å². The molecule has 9 aromatic rings. The summed E-state index contributed by atoms with van der Waals surface area (Å²) in [5, 5.41) is 2.31. The number of fused-ring (bicyclic) bond motifs is 19. The van der Waals surface area contributed by atoms with Gasteiger partial charge in [-0.1, -0.05) is 174 Å². The maximum Gasteiger partial charge on any atom is 0.252 e. The first-order chi connectivity index (χ1) is 37.5. The van der Waals surface area contributed by atoms with Crippen LogP contribution >= 0.6 is 0 Å². The van der Waals surface area contributed by atoms with E-state index in [9.17, 15) is 0 Å². The molecule has 3 nitrogen and oxygen atoms in total. The van der Waals surface area contributed by atoms with Crippen molar-refractivity contribution >= 4 is 79.2 Å². The van der Waals surface area contributed by atoms with Gasteiger partial charge in [0.15, 0.2) is 0 Å². The Balaban J connectivity index is 1.07. The lowest BCUT2D eigenvalue weighted by molar-refractivity contribution is 0.0923. The van der Waals surface area contributed by atoms with E-state index in [4.69, 9.17) is 4.42 Å². The van der Waals surface area contributed by atoms with E-state index in [1.807, 2.05) is 0 Å². The average molecular weight is 1030 g/mol. The van der Waals surface area contributed by atoms with Crippen molar-refractivity contribution in [2.24, 2.45) is 5.41 Å². The zero-order valence-corrected chi connectivity index (χ0v) is 49.2. The summed E-state index contributed by atoms with van der Waals surface area (Å²) in [6.45, 7) is 35.1. The highest BCUT2D eigenvalue weighted by molar-refractivity contribution is 7.00. The van der Waals surface area contributed by atoms with Gasteiger partial charge in [0.1, 0.15) is 11.2 Å². The molecule has 7 aliphatic rings. The van der Waals surface area contributed by atoms with E-state index in [-0.39, 0.29) is 45.1 Å². The van der Waals surface area contributed by atoms with Gasteiger partial charge >= 0.3 is 0 Å². The first-order valence-electron chi connectivity index (χ1n) is 29.9. The Kier molecular flexibility index (Phi) is 9.12. The van der Waals surface area contributed by atoms with Gasteiger partial charge < -0.3 is 14.2 Å². The maximum absolute atomic E-state index is 6.74. The fourth-order valence-corrected chi connectivity index (χ4v) is 18.9. The molecule has 0 N–H and O–H groups in total. The SMILES string of the molecule is Cc1cc2c3c(c1)N(c1cccc4oc5ccccc5c14)c1cc4c(cc1B3c1ccc3cc1N2c1cc2c(cc1C)C(C)(C)c1ccccc1C2(C)c1cc2c(cc1C(C)(C)C)C1(C)CCCCC1(C)[C@@H]32)C(C)(C)CC4(C)C. The number of aryl methyl sites for hydroxylation is 2. The molecule has 1 aromatic heterocycles. The zero-order valence-electron chi connectivity index (χ0n) is 49.2. The van der Waals surface area contributed by atoms with Gasteiger partial charge in [-0.25, -0.2) is 0 Å². The Bertz CT molecular complexity index is 4250. The first-order valence-corrected chi connectivity index (χ1v) is 29.9. The molecule has 394 valence electrons. The number of hydrogen-bond donors (Lipinski definition) is 0. The molecule has 79 heavy (non-hydrogen) atoms. The second-order valence-electron chi connectivity index (χ2n) is 29.4. The van der Waals surface area contributed by atoms with Gasteiger partial charge in [0.25, 0.3) is 6.71 Å². The third-order valence-corrected chi connectivity index (χ3v) is 22.6. The lowest BCUT2D eigenvalue weighted by atomic mass is 9.33. The molecular weight excluding hydrogens is 956 g/mol. The van der Waals surface area contributed by atoms with Gasteiger partial charge in [0.05, 0.1) is 11.1 Å². The Morgan fingerprint density at radius 3 is 1.94 bits per heavy atom. The molecule has 1 fully saturated rings. The van der Waals surface area contributed by atoms with Crippen LogP contribution in [0.2, 0.25) is 0 Å². The van der Waals surface area contributed by atoms with Crippen LogP contribution < -0.4 is 26.2 Å². The van der Waals surface area contributed by atoms with Crippen molar-refractivity contribution in [1.29, 1.82) is 0 Å². The molecule has 4 atom stereocenters. The molecule has 8 aromatic carbocycles. The summed E-state index contributed by atoms with van der Waals surface area (Å²) in [6, 6.07) is 54.1. The topological polar surface area (TPSA) is 19.6 Å². The Labute approximate surface area is 469 Å². The van der Waals surface area contributed by atoms with Crippen LogP contribution in [0, 0.1) is 19.3 Å². The number of hydrogen-bond acceptors (Lipinski definition) is 3. The van der Waals surface area contributed by atoms with Gasteiger partial charge in [-0.15, -0.1) is 0 Å². The molecule has 0 spiro atoms. The lowest BCUT2D eigenvalue weighted by Crippen LogP contribution is -2.61. The summed E-state index contributed by atoms with van der Waals surface area (Å²) >= 11 is 0. The van der Waals surface area contributed by atoms with Gasteiger partial charge in [-0.3, -0.25) is 0 Å². The summed E-state index contributed by atoms with van der Waals surface area (Å²) in [7, 11) is 0. The summed E-state index contributed by atoms with van der Waals surface area (Å²) < 4.78 is 6.74. The quantitative estimate of drug-likeness (QED) is 0.153. The molecule has 3 aliphatic heterocycles. The highest BCUT2D eigenvalue weighted by Gasteiger charge is 2.60.